The third-order valence-electron chi connectivity index (χ3n) is 4.26. The fourth-order valence-corrected chi connectivity index (χ4v) is 3.15. The van der Waals surface area contributed by atoms with Crippen LogP contribution in [0.1, 0.15) is 19.3 Å². The number of aromatic nitrogens is 3. The number of piperidine rings is 3. The summed E-state index contributed by atoms with van der Waals surface area (Å²) in [5, 5.41) is 2.75. The maximum Gasteiger partial charge on any atom is 0.281 e. The van der Waals surface area contributed by atoms with Crippen LogP contribution >= 0.6 is 0 Å². The Morgan fingerprint density at radius 1 is 1.22 bits per heavy atom. The van der Waals surface area contributed by atoms with Crippen LogP contribution in [0.2, 0.25) is 0 Å². The molecule has 3 aliphatic rings. The molecule has 6 nitrogen and oxygen atoms in total. The number of carbonyl (C=O) groups excluding carboxylic acids is 1. The number of nitrogens with zero attached hydrogens (tertiary/aromatic N) is 4. The van der Waals surface area contributed by atoms with Crippen molar-refractivity contribution in [1.29, 1.82) is 0 Å². The summed E-state index contributed by atoms with van der Waals surface area (Å²) in [4.78, 5) is 23.6. The SMILES string of the molecule is O=C(C[N+]12CCC(CC1)CC2)Nc1ncncn1. The van der Waals surface area contributed by atoms with E-state index < -0.39 is 0 Å². The van der Waals surface area contributed by atoms with Crippen LogP contribution in [0.3, 0.4) is 0 Å². The van der Waals surface area contributed by atoms with Gasteiger partial charge >= 0.3 is 0 Å². The van der Waals surface area contributed by atoms with Gasteiger partial charge in [0.05, 0.1) is 19.6 Å². The largest absolute Gasteiger partial charge is 0.316 e. The predicted molar refractivity (Wildman–Crippen MR) is 65.5 cm³/mol. The highest BCUT2D eigenvalue weighted by Crippen LogP contribution is 2.33. The Balaban J connectivity index is 1.61. The van der Waals surface area contributed by atoms with E-state index in [2.05, 4.69) is 20.3 Å². The van der Waals surface area contributed by atoms with Crippen LogP contribution in [0.15, 0.2) is 12.7 Å². The third-order valence-corrected chi connectivity index (χ3v) is 4.26. The lowest BCUT2D eigenvalue weighted by Crippen LogP contribution is -2.60. The molecule has 96 valence electrons. The molecular weight excluding hydrogens is 230 g/mol. The van der Waals surface area contributed by atoms with E-state index in [0.717, 1.165) is 30.0 Å². The minimum absolute atomic E-state index is 0.0153. The van der Waals surface area contributed by atoms with Crippen LogP contribution in [0.4, 0.5) is 5.95 Å². The maximum atomic E-state index is 12.0. The predicted octanol–water partition coefficient (Wildman–Crippen LogP) is 0.441. The summed E-state index contributed by atoms with van der Waals surface area (Å²) in [6, 6.07) is 0. The van der Waals surface area contributed by atoms with E-state index in [-0.39, 0.29) is 5.91 Å². The Morgan fingerprint density at radius 3 is 2.44 bits per heavy atom. The first-order valence-corrected chi connectivity index (χ1v) is 6.53. The van der Waals surface area contributed by atoms with E-state index in [9.17, 15) is 4.79 Å². The molecule has 0 atom stereocenters. The molecule has 0 unspecified atom stereocenters. The quantitative estimate of drug-likeness (QED) is 0.788. The van der Waals surface area contributed by atoms with E-state index in [1.54, 1.807) is 0 Å². The van der Waals surface area contributed by atoms with E-state index in [1.807, 2.05) is 0 Å². The van der Waals surface area contributed by atoms with Gasteiger partial charge in [0.15, 0.2) is 6.54 Å². The fraction of sp³-hybridized carbons (Fsp3) is 0.667. The van der Waals surface area contributed by atoms with Crippen molar-refractivity contribution in [3.05, 3.63) is 12.7 Å². The smallest absolute Gasteiger partial charge is 0.281 e. The van der Waals surface area contributed by atoms with Crippen LogP contribution in [0.25, 0.3) is 0 Å². The summed E-state index contributed by atoms with van der Waals surface area (Å²) < 4.78 is 0.952. The first-order chi connectivity index (χ1) is 8.76. The number of hydrogen-bond acceptors (Lipinski definition) is 4. The number of rotatable bonds is 3. The van der Waals surface area contributed by atoms with E-state index in [0.29, 0.717) is 12.5 Å². The number of amides is 1. The Bertz CT molecular complexity index is 414. The van der Waals surface area contributed by atoms with Crippen molar-refractivity contribution in [2.24, 2.45) is 5.92 Å². The van der Waals surface area contributed by atoms with Gasteiger partial charge in [-0.1, -0.05) is 0 Å². The minimum atomic E-state index is 0.0153. The zero-order valence-electron chi connectivity index (χ0n) is 10.4. The molecule has 18 heavy (non-hydrogen) atoms. The molecule has 4 rings (SSSR count). The monoisotopic (exact) mass is 248 g/mol. The van der Waals surface area contributed by atoms with Gasteiger partial charge in [0.1, 0.15) is 12.7 Å². The van der Waals surface area contributed by atoms with Crippen LogP contribution in [0, 0.1) is 5.92 Å². The normalized spacial score (nSPS) is 30.1. The molecule has 1 N–H and O–H groups in total. The lowest BCUT2D eigenvalue weighted by molar-refractivity contribution is -0.935. The highest BCUT2D eigenvalue weighted by atomic mass is 16.2. The molecule has 0 saturated carbocycles. The average Bonchev–Trinajstić information content (AvgIpc) is 2.41. The van der Waals surface area contributed by atoms with Gasteiger partial charge in [-0.15, -0.1) is 0 Å². The molecule has 1 amide bonds. The summed E-state index contributed by atoms with van der Waals surface area (Å²) in [6.45, 7) is 4.00. The van der Waals surface area contributed by atoms with Crippen molar-refractivity contribution in [3.8, 4) is 0 Å². The lowest BCUT2D eigenvalue weighted by Gasteiger charge is -2.48. The molecule has 6 heteroatoms. The average molecular weight is 248 g/mol. The first kappa shape index (κ1) is 11.5. The molecule has 0 aliphatic carbocycles. The fourth-order valence-electron chi connectivity index (χ4n) is 3.15. The Kier molecular flexibility index (Phi) is 2.95. The summed E-state index contributed by atoms with van der Waals surface area (Å²) in [6.07, 6.45) is 6.61. The Hall–Kier alpha value is -1.56. The highest BCUT2D eigenvalue weighted by Gasteiger charge is 2.40. The molecule has 0 radical (unpaired) electrons. The molecule has 3 aliphatic heterocycles. The molecule has 3 saturated heterocycles. The summed E-state index contributed by atoms with van der Waals surface area (Å²) >= 11 is 0. The Labute approximate surface area is 106 Å². The van der Waals surface area contributed by atoms with Gasteiger partial charge in [-0.05, 0) is 25.2 Å². The molecule has 0 aromatic carbocycles. The first-order valence-electron chi connectivity index (χ1n) is 6.53. The zero-order chi connectivity index (χ0) is 12.4. The number of fused-ring (bicyclic) bond motifs is 3. The zero-order valence-corrected chi connectivity index (χ0v) is 10.4. The van der Waals surface area contributed by atoms with Crippen molar-refractivity contribution in [2.45, 2.75) is 19.3 Å². The Morgan fingerprint density at radius 2 is 1.83 bits per heavy atom. The number of carbonyl (C=O) groups is 1. The van der Waals surface area contributed by atoms with Gasteiger partial charge in [-0.3, -0.25) is 10.1 Å². The standard InChI is InChI=1S/C12H17N5O/c18-11(16-12-14-8-13-9-15-12)7-17-4-1-10(2-5-17)3-6-17/h8-10H,1-7H2/p+1. The number of anilines is 1. The van der Waals surface area contributed by atoms with Crippen molar-refractivity contribution in [2.75, 3.05) is 31.5 Å². The topological polar surface area (TPSA) is 67.8 Å². The summed E-state index contributed by atoms with van der Waals surface area (Å²) in [5.74, 6) is 1.28. The summed E-state index contributed by atoms with van der Waals surface area (Å²) in [7, 11) is 0. The number of nitrogens with one attached hydrogen (secondary N) is 1. The minimum Gasteiger partial charge on any atom is -0.316 e. The van der Waals surface area contributed by atoms with Crippen molar-refractivity contribution in [1.82, 2.24) is 15.0 Å². The molecular formula is C12H18N5O+. The van der Waals surface area contributed by atoms with Crippen LogP contribution < -0.4 is 5.32 Å². The van der Waals surface area contributed by atoms with Gasteiger partial charge in [0, 0.05) is 0 Å². The second-order valence-corrected chi connectivity index (χ2v) is 5.41. The van der Waals surface area contributed by atoms with Crippen molar-refractivity contribution >= 4 is 11.9 Å². The van der Waals surface area contributed by atoms with E-state index in [1.165, 1.54) is 31.9 Å². The highest BCUT2D eigenvalue weighted by molar-refractivity contribution is 5.89. The second-order valence-electron chi connectivity index (χ2n) is 5.41. The van der Waals surface area contributed by atoms with Gasteiger partial charge in [-0.25, -0.2) is 15.0 Å². The van der Waals surface area contributed by atoms with Crippen molar-refractivity contribution < 1.29 is 9.28 Å². The summed E-state index contributed by atoms with van der Waals surface area (Å²) in [5.41, 5.74) is 0. The number of hydrogen-bond donors (Lipinski definition) is 1. The van der Waals surface area contributed by atoms with E-state index >= 15 is 0 Å². The van der Waals surface area contributed by atoms with Gasteiger partial charge < -0.3 is 4.48 Å². The number of quaternary nitrogens is 1. The van der Waals surface area contributed by atoms with E-state index in [4.69, 9.17) is 0 Å². The molecule has 1 aromatic rings. The van der Waals surface area contributed by atoms with Crippen molar-refractivity contribution in [3.63, 3.8) is 0 Å². The van der Waals surface area contributed by atoms with Crippen LogP contribution in [-0.4, -0.2) is 51.5 Å². The molecule has 2 bridgehead atoms. The lowest BCUT2D eigenvalue weighted by atomic mass is 9.86. The van der Waals surface area contributed by atoms with Gasteiger partial charge in [0.25, 0.3) is 5.91 Å². The molecule has 1 aromatic heterocycles. The van der Waals surface area contributed by atoms with Crippen LogP contribution in [-0.2, 0) is 4.79 Å². The maximum absolute atomic E-state index is 12.0. The van der Waals surface area contributed by atoms with Crippen LogP contribution in [0.5, 0.6) is 0 Å². The third kappa shape index (κ3) is 2.33. The molecule has 4 heterocycles. The molecule has 3 fully saturated rings. The van der Waals surface area contributed by atoms with Gasteiger partial charge in [0.2, 0.25) is 5.95 Å². The molecule has 0 spiro atoms. The van der Waals surface area contributed by atoms with Gasteiger partial charge in [-0.2, -0.15) is 0 Å². The second kappa shape index (κ2) is 4.61.